The summed E-state index contributed by atoms with van der Waals surface area (Å²) in [7, 11) is -3.53. The normalized spacial score (nSPS) is 19.1. The first-order valence-corrected chi connectivity index (χ1v) is 12.1. The summed E-state index contributed by atoms with van der Waals surface area (Å²) >= 11 is 1.24. The number of likely N-dealkylation sites (tertiary alicyclic amines) is 1. The summed E-state index contributed by atoms with van der Waals surface area (Å²) in [6.07, 6.45) is 3.51. The van der Waals surface area contributed by atoms with E-state index in [0.29, 0.717) is 23.8 Å². The predicted octanol–water partition coefficient (Wildman–Crippen LogP) is 1.05. The van der Waals surface area contributed by atoms with Crippen LogP contribution in [0.15, 0.2) is 21.7 Å². The molecule has 2 aliphatic heterocycles. The number of thiophene rings is 1. The third-order valence-electron chi connectivity index (χ3n) is 5.21. The van der Waals surface area contributed by atoms with Crippen LogP contribution in [-0.4, -0.2) is 87.3 Å². The predicted molar refractivity (Wildman–Crippen MR) is 107 cm³/mol. The topological polar surface area (TPSA) is 73.0 Å². The standard InChI is InChI=1S/C18H30N4O3S2/c23-17(21-14-7-19-8-15-21)6-13-22(12-4-11-20-9-1-2-10-20)27(24,25)18-5-3-16-26-18/h3,5,16,19H,1-2,4,6-15H2. The Kier molecular flexibility index (Phi) is 7.66. The smallest absolute Gasteiger partial charge is 0.252 e. The van der Waals surface area contributed by atoms with Crippen LogP contribution >= 0.6 is 11.3 Å². The van der Waals surface area contributed by atoms with E-state index in [1.807, 2.05) is 4.90 Å². The van der Waals surface area contributed by atoms with Crippen molar-refractivity contribution in [2.24, 2.45) is 0 Å². The van der Waals surface area contributed by atoms with Gasteiger partial charge < -0.3 is 15.1 Å². The van der Waals surface area contributed by atoms with E-state index in [0.717, 1.165) is 39.1 Å². The number of hydrogen-bond donors (Lipinski definition) is 1. The van der Waals surface area contributed by atoms with Crippen LogP contribution in [0.2, 0.25) is 0 Å². The van der Waals surface area contributed by atoms with Crippen molar-refractivity contribution < 1.29 is 13.2 Å². The van der Waals surface area contributed by atoms with Crippen molar-refractivity contribution >= 4 is 27.3 Å². The van der Waals surface area contributed by atoms with E-state index < -0.39 is 10.0 Å². The minimum absolute atomic E-state index is 0.0439. The summed E-state index contributed by atoms with van der Waals surface area (Å²) in [4.78, 5) is 16.7. The van der Waals surface area contributed by atoms with Gasteiger partial charge in [-0.25, -0.2) is 8.42 Å². The van der Waals surface area contributed by atoms with E-state index in [1.165, 1.54) is 28.5 Å². The van der Waals surface area contributed by atoms with Gasteiger partial charge in [-0.1, -0.05) is 6.07 Å². The fourth-order valence-corrected chi connectivity index (χ4v) is 6.28. The Morgan fingerprint density at radius 3 is 2.56 bits per heavy atom. The molecule has 27 heavy (non-hydrogen) atoms. The van der Waals surface area contributed by atoms with Crippen LogP contribution in [0.25, 0.3) is 0 Å². The molecule has 2 saturated heterocycles. The van der Waals surface area contributed by atoms with Gasteiger partial charge in [-0.3, -0.25) is 4.79 Å². The minimum Gasteiger partial charge on any atom is -0.340 e. The summed E-state index contributed by atoms with van der Waals surface area (Å²) in [5, 5.41) is 5.01. The van der Waals surface area contributed by atoms with Gasteiger partial charge in [0.2, 0.25) is 5.91 Å². The number of carbonyl (C=O) groups excluding carboxylic acids is 1. The van der Waals surface area contributed by atoms with Crippen molar-refractivity contribution in [1.82, 2.24) is 19.4 Å². The zero-order chi connectivity index (χ0) is 19.1. The monoisotopic (exact) mass is 414 g/mol. The maximum atomic E-state index is 13.0. The lowest BCUT2D eigenvalue weighted by molar-refractivity contribution is -0.131. The highest BCUT2D eigenvalue weighted by Crippen LogP contribution is 2.22. The Morgan fingerprint density at radius 1 is 1.15 bits per heavy atom. The fraction of sp³-hybridized carbons (Fsp3) is 0.722. The van der Waals surface area contributed by atoms with E-state index in [9.17, 15) is 13.2 Å². The summed E-state index contributed by atoms with van der Waals surface area (Å²) in [5.41, 5.74) is 0. The highest BCUT2D eigenvalue weighted by molar-refractivity contribution is 7.91. The second kappa shape index (κ2) is 9.97. The number of amides is 1. The molecule has 0 aliphatic carbocycles. The Hall–Kier alpha value is -1.00. The van der Waals surface area contributed by atoms with Crippen LogP contribution in [0.5, 0.6) is 0 Å². The molecule has 0 atom stereocenters. The van der Waals surface area contributed by atoms with Crippen molar-refractivity contribution in [3.8, 4) is 0 Å². The molecule has 0 aromatic carbocycles. The van der Waals surface area contributed by atoms with Crippen LogP contribution in [-0.2, 0) is 14.8 Å². The van der Waals surface area contributed by atoms with E-state index in [-0.39, 0.29) is 18.9 Å². The number of rotatable bonds is 9. The van der Waals surface area contributed by atoms with Crippen molar-refractivity contribution in [3.63, 3.8) is 0 Å². The summed E-state index contributed by atoms with van der Waals surface area (Å²) < 4.78 is 27.9. The molecule has 0 bridgehead atoms. The SMILES string of the molecule is O=C(CCN(CCCN1CCCC1)S(=O)(=O)c1cccs1)N1CCNCC1. The minimum atomic E-state index is -3.53. The highest BCUT2D eigenvalue weighted by atomic mass is 32.2. The Bertz CT molecular complexity index is 681. The molecule has 1 N–H and O–H groups in total. The summed E-state index contributed by atoms with van der Waals surface area (Å²) in [5.74, 6) is 0.0439. The molecule has 0 radical (unpaired) electrons. The first kappa shape index (κ1) is 20.7. The number of sulfonamides is 1. The molecule has 9 heteroatoms. The zero-order valence-electron chi connectivity index (χ0n) is 15.8. The average Bonchev–Trinajstić information content (AvgIpc) is 3.39. The summed E-state index contributed by atoms with van der Waals surface area (Å²) in [6, 6.07) is 3.40. The average molecular weight is 415 g/mol. The maximum absolute atomic E-state index is 13.0. The van der Waals surface area contributed by atoms with Gasteiger partial charge >= 0.3 is 0 Å². The van der Waals surface area contributed by atoms with E-state index in [1.54, 1.807) is 17.5 Å². The Morgan fingerprint density at radius 2 is 1.89 bits per heavy atom. The van der Waals surface area contributed by atoms with Gasteiger partial charge in [0.05, 0.1) is 0 Å². The molecule has 7 nitrogen and oxygen atoms in total. The Balaban J connectivity index is 1.58. The van der Waals surface area contributed by atoms with Crippen molar-refractivity contribution in [3.05, 3.63) is 17.5 Å². The van der Waals surface area contributed by atoms with Crippen LogP contribution in [0.1, 0.15) is 25.7 Å². The lowest BCUT2D eigenvalue weighted by Crippen LogP contribution is -2.47. The van der Waals surface area contributed by atoms with Gasteiger partial charge in [0, 0.05) is 45.7 Å². The molecule has 0 spiro atoms. The van der Waals surface area contributed by atoms with Crippen LogP contribution in [0.4, 0.5) is 0 Å². The molecular formula is C18H30N4O3S2. The van der Waals surface area contributed by atoms with Gasteiger partial charge in [-0.05, 0) is 50.3 Å². The molecule has 1 aromatic rings. The highest BCUT2D eigenvalue weighted by Gasteiger charge is 2.27. The largest absolute Gasteiger partial charge is 0.340 e. The molecule has 1 aromatic heterocycles. The lowest BCUT2D eigenvalue weighted by atomic mass is 10.3. The van der Waals surface area contributed by atoms with Gasteiger partial charge in [-0.15, -0.1) is 11.3 Å². The third-order valence-corrected chi connectivity index (χ3v) is 8.49. The molecule has 0 saturated carbocycles. The molecule has 2 fully saturated rings. The van der Waals surface area contributed by atoms with Gasteiger partial charge in [0.1, 0.15) is 4.21 Å². The first-order valence-electron chi connectivity index (χ1n) is 9.82. The van der Waals surface area contributed by atoms with Crippen LogP contribution < -0.4 is 5.32 Å². The number of hydrogen-bond acceptors (Lipinski definition) is 6. The first-order chi connectivity index (χ1) is 13.1. The maximum Gasteiger partial charge on any atom is 0.252 e. The van der Waals surface area contributed by atoms with Crippen molar-refractivity contribution in [2.75, 3.05) is 58.9 Å². The molecular weight excluding hydrogens is 384 g/mol. The molecule has 1 amide bonds. The van der Waals surface area contributed by atoms with Crippen LogP contribution in [0.3, 0.4) is 0 Å². The second-order valence-electron chi connectivity index (χ2n) is 7.12. The van der Waals surface area contributed by atoms with Gasteiger partial charge in [0.25, 0.3) is 10.0 Å². The van der Waals surface area contributed by atoms with Crippen LogP contribution in [0, 0.1) is 0 Å². The lowest BCUT2D eigenvalue weighted by Gasteiger charge is -2.29. The molecule has 3 heterocycles. The van der Waals surface area contributed by atoms with Gasteiger partial charge in [0.15, 0.2) is 0 Å². The Labute approximate surface area is 166 Å². The molecule has 0 unspecified atom stereocenters. The molecule has 2 aliphatic rings. The summed E-state index contributed by atoms with van der Waals surface area (Å²) in [6.45, 7) is 6.86. The van der Waals surface area contributed by atoms with E-state index in [4.69, 9.17) is 0 Å². The van der Waals surface area contributed by atoms with E-state index in [2.05, 4.69) is 10.2 Å². The number of nitrogens with one attached hydrogen (secondary N) is 1. The fourth-order valence-electron chi connectivity index (χ4n) is 3.66. The number of nitrogens with zero attached hydrogens (tertiary/aromatic N) is 3. The van der Waals surface area contributed by atoms with Crippen molar-refractivity contribution in [1.29, 1.82) is 0 Å². The third kappa shape index (κ3) is 5.74. The molecule has 152 valence electrons. The van der Waals surface area contributed by atoms with Gasteiger partial charge in [-0.2, -0.15) is 4.31 Å². The number of piperazine rings is 1. The molecule has 3 rings (SSSR count). The van der Waals surface area contributed by atoms with Crippen molar-refractivity contribution in [2.45, 2.75) is 29.9 Å². The zero-order valence-corrected chi connectivity index (χ0v) is 17.4. The van der Waals surface area contributed by atoms with E-state index >= 15 is 0 Å². The quantitative estimate of drug-likeness (QED) is 0.654. The number of carbonyl (C=O) groups is 1. The second-order valence-corrected chi connectivity index (χ2v) is 10.2.